The third-order valence-electron chi connectivity index (χ3n) is 2.77. The Morgan fingerprint density at radius 1 is 1.20 bits per heavy atom. The predicted octanol–water partition coefficient (Wildman–Crippen LogP) is 3.35. The highest BCUT2D eigenvalue weighted by molar-refractivity contribution is 6.17. The Balaban J connectivity index is 2.04. The molecular weight excluding hydrogens is 280 g/mol. The molecule has 0 bridgehead atoms. The van der Waals surface area contributed by atoms with Crippen molar-refractivity contribution in [3.8, 4) is 5.75 Å². The zero-order valence-corrected chi connectivity index (χ0v) is 11.4. The summed E-state index contributed by atoms with van der Waals surface area (Å²) in [4.78, 5) is 14.5. The zero-order valence-electron chi connectivity index (χ0n) is 10.7. The second kappa shape index (κ2) is 6.86. The van der Waals surface area contributed by atoms with Gasteiger partial charge in [-0.05, 0) is 29.3 Å². The Kier molecular flexibility index (Phi) is 4.90. The minimum atomic E-state index is -0.460. The van der Waals surface area contributed by atoms with Crippen molar-refractivity contribution in [3.05, 3.63) is 64.0 Å². The van der Waals surface area contributed by atoms with Crippen LogP contribution < -0.4 is 4.74 Å². The van der Waals surface area contributed by atoms with E-state index in [1.165, 1.54) is 6.07 Å². The molecule has 2 rings (SSSR count). The van der Waals surface area contributed by atoms with E-state index in [1.54, 1.807) is 24.5 Å². The molecule has 0 saturated heterocycles. The summed E-state index contributed by atoms with van der Waals surface area (Å²) in [5.74, 6) is 0.496. The molecule has 20 heavy (non-hydrogen) atoms. The average Bonchev–Trinajstić information content (AvgIpc) is 2.48. The Hall–Kier alpha value is -2.14. The van der Waals surface area contributed by atoms with Gasteiger partial charge in [0.25, 0.3) is 0 Å². The molecule has 1 heterocycles. The molecular formula is C14H13ClN2O3. The van der Waals surface area contributed by atoms with Crippen LogP contribution in [0.2, 0.25) is 0 Å². The molecule has 6 heteroatoms. The van der Waals surface area contributed by atoms with Crippen molar-refractivity contribution < 1.29 is 9.66 Å². The predicted molar refractivity (Wildman–Crippen MR) is 76.1 cm³/mol. The fraction of sp³-hybridized carbons (Fsp3) is 0.214. The Labute approximate surface area is 121 Å². The van der Waals surface area contributed by atoms with E-state index < -0.39 is 4.92 Å². The first-order valence-electron chi connectivity index (χ1n) is 6.05. The van der Waals surface area contributed by atoms with Crippen molar-refractivity contribution in [2.24, 2.45) is 0 Å². The SMILES string of the molecule is O=[N+]([O-])c1cc(CCl)ccc1OCCc1ccncc1. The number of pyridine rings is 1. The summed E-state index contributed by atoms with van der Waals surface area (Å²) in [5, 5.41) is 11.0. The quantitative estimate of drug-likeness (QED) is 0.465. The molecule has 5 nitrogen and oxygen atoms in total. The van der Waals surface area contributed by atoms with Gasteiger partial charge in [-0.25, -0.2) is 0 Å². The highest BCUT2D eigenvalue weighted by atomic mass is 35.5. The first-order valence-corrected chi connectivity index (χ1v) is 6.59. The van der Waals surface area contributed by atoms with E-state index in [9.17, 15) is 10.1 Å². The number of alkyl halides is 1. The molecule has 0 N–H and O–H groups in total. The highest BCUT2D eigenvalue weighted by Gasteiger charge is 2.15. The number of ether oxygens (including phenoxy) is 1. The van der Waals surface area contributed by atoms with Crippen LogP contribution in [0.25, 0.3) is 0 Å². The summed E-state index contributed by atoms with van der Waals surface area (Å²) in [5.41, 5.74) is 1.71. The van der Waals surface area contributed by atoms with Gasteiger partial charge in [0.1, 0.15) is 0 Å². The van der Waals surface area contributed by atoms with Crippen LogP contribution in [0.3, 0.4) is 0 Å². The van der Waals surface area contributed by atoms with Gasteiger partial charge in [-0.2, -0.15) is 0 Å². The zero-order chi connectivity index (χ0) is 14.4. The molecule has 0 spiro atoms. The third-order valence-corrected chi connectivity index (χ3v) is 3.08. The number of benzene rings is 1. The molecule has 0 aliphatic heterocycles. The number of nitrogens with zero attached hydrogens (tertiary/aromatic N) is 2. The van der Waals surface area contributed by atoms with Gasteiger partial charge in [0.05, 0.1) is 11.5 Å². The Bertz CT molecular complexity index is 590. The van der Waals surface area contributed by atoms with Crippen molar-refractivity contribution in [1.29, 1.82) is 0 Å². The Morgan fingerprint density at radius 3 is 2.60 bits per heavy atom. The number of hydrogen-bond acceptors (Lipinski definition) is 4. The van der Waals surface area contributed by atoms with Crippen LogP contribution in [0, 0.1) is 10.1 Å². The molecule has 0 aliphatic rings. The van der Waals surface area contributed by atoms with E-state index in [2.05, 4.69) is 4.98 Å². The third kappa shape index (κ3) is 3.68. The maximum Gasteiger partial charge on any atom is 0.311 e. The van der Waals surface area contributed by atoms with Gasteiger partial charge < -0.3 is 4.74 Å². The molecule has 0 radical (unpaired) electrons. The number of halogens is 1. The van der Waals surface area contributed by atoms with Crippen molar-refractivity contribution >= 4 is 17.3 Å². The minimum Gasteiger partial charge on any atom is -0.486 e. The van der Waals surface area contributed by atoms with Gasteiger partial charge >= 0.3 is 5.69 Å². The fourth-order valence-electron chi connectivity index (χ4n) is 1.74. The van der Waals surface area contributed by atoms with Crippen molar-refractivity contribution in [1.82, 2.24) is 4.98 Å². The first-order chi connectivity index (χ1) is 9.70. The summed E-state index contributed by atoms with van der Waals surface area (Å²) in [6, 6.07) is 8.52. The normalized spacial score (nSPS) is 10.2. The second-order valence-corrected chi connectivity index (χ2v) is 4.41. The molecule has 2 aromatic rings. The summed E-state index contributed by atoms with van der Waals surface area (Å²) in [6.07, 6.45) is 4.07. The van der Waals surface area contributed by atoms with Crippen molar-refractivity contribution in [2.45, 2.75) is 12.3 Å². The van der Waals surface area contributed by atoms with Crippen LogP contribution in [0.5, 0.6) is 5.75 Å². The van der Waals surface area contributed by atoms with E-state index in [-0.39, 0.29) is 17.3 Å². The summed E-state index contributed by atoms with van der Waals surface area (Å²) in [6.45, 7) is 0.366. The average molecular weight is 293 g/mol. The van der Waals surface area contributed by atoms with Crippen LogP contribution in [-0.4, -0.2) is 16.5 Å². The molecule has 1 aromatic carbocycles. The van der Waals surface area contributed by atoms with Crippen LogP contribution in [0.4, 0.5) is 5.69 Å². The number of hydrogen-bond donors (Lipinski definition) is 0. The monoisotopic (exact) mass is 292 g/mol. The summed E-state index contributed by atoms with van der Waals surface area (Å²) >= 11 is 5.67. The van der Waals surface area contributed by atoms with E-state index in [4.69, 9.17) is 16.3 Å². The lowest BCUT2D eigenvalue weighted by Crippen LogP contribution is -2.04. The van der Waals surface area contributed by atoms with Crippen molar-refractivity contribution in [3.63, 3.8) is 0 Å². The number of nitro benzene ring substituents is 1. The number of aromatic nitrogens is 1. The maximum absolute atomic E-state index is 11.0. The second-order valence-electron chi connectivity index (χ2n) is 4.15. The topological polar surface area (TPSA) is 65.3 Å². The molecule has 0 amide bonds. The number of rotatable bonds is 6. The fourth-order valence-corrected chi connectivity index (χ4v) is 1.91. The smallest absolute Gasteiger partial charge is 0.311 e. The van der Waals surface area contributed by atoms with Gasteiger partial charge in [0.15, 0.2) is 5.75 Å². The van der Waals surface area contributed by atoms with Crippen LogP contribution in [0.15, 0.2) is 42.7 Å². The minimum absolute atomic E-state index is 0.0575. The molecule has 0 saturated carbocycles. The van der Waals surface area contributed by atoms with E-state index in [1.807, 2.05) is 12.1 Å². The van der Waals surface area contributed by atoms with Gasteiger partial charge in [-0.3, -0.25) is 15.1 Å². The van der Waals surface area contributed by atoms with Gasteiger partial charge in [-0.15, -0.1) is 11.6 Å². The lowest BCUT2D eigenvalue weighted by atomic mass is 10.2. The maximum atomic E-state index is 11.0. The first kappa shape index (κ1) is 14.3. The molecule has 0 fully saturated rings. The van der Waals surface area contributed by atoms with Crippen LogP contribution in [0.1, 0.15) is 11.1 Å². The van der Waals surface area contributed by atoms with E-state index in [0.717, 1.165) is 5.56 Å². The van der Waals surface area contributed by atoms with Crippen LogP contribution in [-0.2, 0) is 12.3 Å². The van der Waals surface area contributed by atoms with E-state index >= 15 is 0 Å². The highest BCUT2D eigenvalue weighted by Crippen LogP contribution is 2.28. The van der Waals surface area contributed by atoms with Crippen LogP contribution >= 0.6 is 11.6 Å². The lowest BCUT2D eigenvalue weighted by molar-refractivity contribution is -0.385. The molecule has 0 atom stereocenters. The Morgan fingerprint density at radius 2 is 1.95 bits per heavy atom. The van der Waals surface area contributed by atoms with Gasteiger partial charge in [0.2, 0.25) is 0 Å². The largest absolute Gasteiger partial charge is 0.486 e. The van der Waals surface area contributed by atoms with Gasteiger partial charge in [0, 0.05) is 30.8 Å². The molecule has 104 valence electrons. The number of nitro groups is 1. The van der Waals surface area contributed by atoms with Gasteiger partial charge in [-0.1, -0.05) is 6.07 Å². The lowest BCUT2D eigenvalue weighted by Gasteiger charge is -2.07. The molecule has 1 aromatic heterocycles. The molecule has 0 aliphatic carbocycles. The standard InChI is InChI=1S/C14H13ClN2O3/c15-10-12-1-2-14(13(9-12)17(18)19)20-8-5-11-3-6-16-7-4-11/h1-4,6-7,9H,5,8,10H2. The summed E-state index contributed by atoms with van der Waals surface area (Å²) < 4.78 is 5.50. The van der Waals surface area contributed by atoms with E-state index in [0.29, 0.717) is 18.6 Å². The summed E-state index contributed by atoms with van der Waals surface area (Å²) in [7, 11) is 0. The van der Waals surface area contributed by atoms with Crippen molar-refractivity contribution in [2.75, 3.05) is 6.61 Å². The molecule has 0 unspecified atom stereocenters.